The number of terminal acetylenes is 2. The molecule has 0 amide bonds. The van der Waals surface area contributed by atoms with E-state index in [-0.39, 0.29) is 80.0 Å². The number of aliphatic carboxylic acids is 2. The van der Waals surface area contributed by atoms with Crippen molar-refractivity contribution in [3.63, 3.8) is 0 Å². The first-order valence-electron chi connectivity index (χ1n) is 22.3. The molecule has 6 aromatic carbocycles. The summed E-state index contributed by atoms with van der Waals surface area (Å²) in [5.41, 5.74) is 0.949. The summed E-state index contributed by atoms with van der Waals surface area (Å²) in [5, 5.41) is 115. The van der Waals surface area contributed by atoms with Crippen LogP contribution < -0.4 is 9.47 Å². The van der Waals surface area contributed by atoms with Crippen molar-refractivity contribution in [3.8, 4) is 82.2 Å². The summed E-state index contributed by atoms with van der Waals surface area (Å²) in [6.45, 7) is -1.56. The molecule has 0 aliphatic heterocycles. The smallest absolute Gasteiger partial charge is 0.341 e. The van der Waals surface area contributed by atoms with Gasteiger partial charge in [0, 0.05) is 104 Å². The summed E-state index contributed by atoms with van der Waals surface area (Å²) < 4.78 is 11.6. The van der Waals surface area contributed by atoms with Crippen LogP contribution >= 0.6 is 0 Å². The Morgan fingerprint density at radius 2 is 0.722 bits per heavy atom. The van der Waals surface area contributed by atoms with Crippen LogP contribution in [0.5, 0.6) is 57.5 Å². The Balaban J connectivity index is 1.68. The van der Waals surface area contributed by atoms with Crippen LogP contribution in [-0.2, 0) is 9.59 Å². The molecule has 7 rings (SSSR count). The van der Waals surface area contributed by atoms with Gasteiger partial charge in [0.05, 0.1) is 0 Å². The lowest BCUT2D eigenvalue weighted by atomic mass is 9.76. The van der Waals surface area contributed by atoms with Crippen LogP contribution in [0.1, 0.15) is 92.1 Å². The highest BCUT2D eigenvalue weighted by atomic mass is 16.5. The average molecular weight is 969 g/mol. The van der Waals surface area contributed by atoms with Crippen LogP contribution in [0.2, 0.25) is 0 Å². The number of allylic oxidation sites excluding steroid dienone is 8. The van der Waals surface area contributed by atoms with Gasteiger partial charge in [-0.15, -0.1) is 12.8 Å². The van der Waals surface area contributed by atoms with Crippen molar-refractivity contribution in [1.29, 1.82) is 0 Å². The second-order valence-corrected chi connectivity index (χ2v) is 16.7. The first-order chi connectivity index (χ1) is 34.6. The Morgan fingerprint density at radius 3 is 1.01 bits per heavy atom. The summed E-state index contributed by atoms with van der Waals surface area (Å²) >= 11 is 0. The first-order valence-corrected chi connectivity index (χ1v) is 22.3. The molecule has 0 aromatic heterocycles. The summed E-state index contributed by atoms with van der Waals surface area (Å²) in [6, 6.07) is 22.7. The third-order valence-electron chi connectivity index (χ3n) is 12.2. The summed E-state index contributed by atoms with van der Waals surface area (Å²) in [7, 11) is 0. The quantitative estimate of drug-likeness (QED) is 0.0361. The summed E-state index contributed by atoms with van der Waals surface area (Å²) in [6.07, 6.45) is 23.6. The highest BCUT2D eigenvalue weighted by Gasteiger charge is 2.35. The predicted molar refractivity (Wildman–Crippen MR) is 267 cm³/mol. The van der Waals surface area contributed by atoms with E-state index >= 15 is 0 Å². The third kappa shape index (κ3) is 10.8. The van der Waals surface area contributed by atoms with Crippen molar-refractivity contribution in [3.05, 3.63) is 201 Å². The number of carboxylic acids is 2. The number of carboxylic acid groups (broad SMARTS) is 2. The SMILES string of the molecule is C#C/C=C\C=C/CC1c2cc(c(O)cc2O)C(c2ccccc2OCC(=O)O)c2cc(c(O)cc2O)C(C/C=C\C=C/C#C)c2cc(c(O)cc2O)C(c2ccccc2OCC(=O)O)c2cc1c(O)cc2O. The Bertz CT molecular complexity index is 2920. The van der Waals surface area contributed by atoms with Crippen LogP contribution in [0, 0.1) is 24.7 Å². The monoisotopic (exact) mass is 968 g/mol. The molecule has 72 heavy (non-hydrogen) atoms. The molecule has 0 atom stereocenters. The highest BCUT2D eigenvalue weighted by Crippen LogP contribution is 2.54. The average Bonchev–Trinajstić information content (AvgIpc) is 3.34. The molecule has 364 valence electrons. The molecule has 14 nitrogen and oxygen atoms in total. The van der Waals surface area contributed by atoms with Crippen LogP contribution in [0.25, 0.3) is 0 Å². The molecule has 0 saturated carbocycles. The van der Waals surface area contributed by atoms with E-state index < -0.39 is 94.8 Å². The minimum Gasteiger partial charge on any atom is -0.508 e. The number of phenolic OH excluding ortho intramolecular Hbond substituents is 8. The summed E-state index contributed by atoms with van der Waals surface area (Å²) in [4.78, 5) is 23.7. The zero-order chi connectivity index (χ0) is 51.6. The van der Waals surface area contributed by atoms with E-state index in [0.29, 0.717) is 0 Å². The molecule has 0 heterocycles. The van der Waals surface area contributed by atoms with Crippen molar-refractivity contribution in [2.75, 3.05) is 13.2 Å². The Hall–Kier alpha value is -9.66. The maximum atomic E-state index is 12.0. The van der Waals surface area contributed by atoms with Gasteiger partial charge in [-0.25, -0.2) is 9.59 Å². The van der Waals surface area contributed by atoms with E-state index in [4.69, 9.17) is 22.3 Å². The number of phenols is 8. The van der Waals surface area contributed by atoms with Gasteiger partial charge >= 0.3 is 11.9 Å². The van der Waals surface area contributed by atoms with Crippen molar-refractivity contribution in [2.45, 2.75) is 36.5 Å². The number of para-hydroxylation sites is 2. The molecule has 1 aliphatic carbocycles. The Kier molecular flexibility index (Phi) is 15.5. The molecular formula is C58H48O14. The van der Waals surface area contributed by atoms with Crippen LogP contribution in [0.3, 0.4) is 0 Å². The van der Waals surface area contributed by atoms with Gasteiger partial charge in [-0.2, -0.15) is 0 Å². The molecule has 6 aromatic rings. The van der Waals surface area contributed by atoms with Crippen LogP contribution in [0.4, 0.5) is 0 Å². The molecule has 14 heteroatoms. The lowest BCUT2D eigenvalue weighted by Crippen LogP contribution is -2.15. The Labute approximate surface area is 413 Å². The number of carbonyl (C=O) groups is 2. The van der Waals surface area contributed by atoms with Crippen molar-refractivity contribution in [1.82, 2.24) is 0 Å². The van der Waals surface area contributed by atoms with Gasteiger partial charge in [0.15, 0.2) is 13.2 Å². The number of aromatic hydroxyl groups is 8. The zero-order valence-corrected chi connectivity index (χ0v) is 38.3. The number of ether oxygens (including phenoxy) is 2. The van der Waals surface area contributed by atoms with Gasteiger partial charge < -0.3 is 60.5 Å². The van der Waals surface area contributed by atoms with E-state index in [0.717, 1.165) is 24.3 Å². The molecule has 10 N–H and O–H groups in total. The normalized spacial score (nSPS) is 16.4. The van der Waals surface area contributed by atoms with Crippen molar-refractivity contribution in [2.24, 2.45) is 0 Å². The van der Waals surface area contributed by atoms with Crippen molar-refractivity contribution < 1.29 is 70.1 Å². The van der Waals surface area contributed by atoms with Gasteiger partial charge in [0.1, 0.15) is 57.5 Å². The standard InChI is InChI=1S/C58H48O14/c1-3-5-7-9-11-17-33-37-23-41(49(63)27-45(37)59)57(35-19-13-15-21-53(35)71-31-55(67)68)43-25-39(47(61)29-51(43)65)34(18-12-10-8-6-4-2)40-26-44(52(66)30-48(40)62)58(42-24-38(33)46(60)28-50(42)64)36-20-14-16-22-54(36)72-32-56(69)70/h1-2,5-16,19-30,33-34,57-66H,17-18,31-32H2,(H,67,68)(H,69,70)/b7-5-,8-6-,11-9-,12-10-. The molecule has 0 saturated heterocycles. The lowest BCUT2D eigenvalue weighted by Gasteiger charge is -2.29. The molecule has 0 radical (unpaired) electrons. The molecule has 0 spiro atoms. The van der Waals surface area contributed by atoms with E-state index in [1.807, 2.05) is 0 Å². The van der Waals surface area contributed by atoms with Crippen LogP contribution in [0.15, 0.2) is 146 Å². The van der Waals surface area contributed by atoms with Gasteiger partial charge in [-0.1, -0.05) is 84.7 Å². The van der Waals surface area contributed by atoms with E-state index in [1.165, 1.54) is 48.6 Å². The largest absolute Gasteiger partial charge is 0.508 e. The number of fused-ring (bicyclic) bond motifs is 8. The van der Waals surface area contributed by atoms with Crippen molar-refractivity contribution >= 4 is 11.9 Å². The number of benzene rings is 6. The molecule has 8 bridgehead atoms. The maximum absolute atomic E-state index is 12.0. The van der Waals surface area contributed by atoms with E-state index in [2.05, 4.69) is 11.8 Å². The zero-order valence-electron chi connectivity index (χ0n) is 38.3. The number of hydrogen-bond donors (Lipinski definition) is 10. The second-order valence-electron chi connectivity index (χ2n) is 16.7. The lowest BCUT2D eigenvalue weighted by molar-refractivity contribution is -0.140. The number of hydrogen-bond acceptors (Lipinski definition) is 12. The number of rotatable bonds is 14. The van der Waals surface area contributed by atoms with E-state index in [1.54, 1.807) is 72.9 Å². The minimum atomic E-state index is -1.30. The first kappa shape index (κ1) is 50.2. The molecule has 0 unspecified atom stereocenters. The van der Waals surface area contributed by atoms with Gasteiger partial charge in [0.2, 0.25) is 0 Å². The second kappa shape index (κ2) is 22.2. The highest BCUT2D eigenvalue weighted by molar-refractivity contribution is 5.70. The topological polar surface area (TPSA) is 255 Å². The predicted octanol–water partition coefficient (Wildman–Crippen LogP) is 9.47. The maximum Gasteiger partial charge on any atom is 0.341 e. The summed E-state index contributed by atoms with van der Waals surface area (Å²) in [5.74, 6) is -6.23. The van der Waals surface area contributed by atoms with Gasteiger partial charge in [0.25, 0.3) is 0 Å². The molecular weight excluding hydrogens is 921 g/mol. The fourth-order valence-corrected chi connectivity index (χ4v) is 9.12. The minimum absolute atomic E-state index is 0.00532. The fourth-order valence-electron chi connectivity index (χ4n) is 9.12. The van der Waals surface area contributed by atoms with E-state index in [9.17, 15) is 60.7 Å². The third-order valence-corrected chi connectivity index (χ3v) is 12.2. The van der Waals surface area contributed by atoms with Crippen LogP contribution in [-0.4, -0.2) is 76.2 Å². The van der Waals surface area contributed by atoms with Gasteiger partial charge in [-0.3, -0.25) is 0 Å². The molecule has 1 aliphatic rings. The Morgan fingerprint density at radius 1 is 0.431 bits per heavy atom. The molecule has 0 fully saturated rings. The van der Waals surface area contributed by atoms with Gasteiger partial charge in [-0.05, 0) is 61.4 Å². The fraction of sp³-hybridized carbons (Fsp3) is 0.138.